The number of carbonyl (C=O) groups is 1. The zero-order valence-corrected chi connectivity index (χ0v) is 20.4. The first kappa shape index (κ1) is 24.7. The van der Waals surface area contributed by atoms with Gasteiger partial charge in [0.15, 0.2) is 0 Å². The van der Waals surface area contributed by atoms with Crippen LogP contribution in [0.1, 0.15) is 24.6 Å². The van der Waals surface area contributed by atoms with E-state index in [0.717, 1.165) is 40.9 Å². The summed E-state index contributed by atoms with van der Waals surface area (Å²) >= 11 is 13.3. The number of rotatable bonds is 8. The third kappa shape index (κ3) is 5.18. The van der Waals surface area contributed by atoms with Gasteiger partial charge in [-0.1, -0.05) is 54.6 Å². The van der Waals surface area contributed by atoms with E-state index >= 15 is 0 Å². The number of methoxy groups -OCH3 is 2. The summed E-state index contributed by atoms with van der Waals surface area (Å²) in [6.45, 7) is 9.20. The maximum absolute atomic E-state index is 11.9. The maximum atomic E-state index is 11.9. The average molecular weight is 488 g/mol. The van der Waals surface area contributed by atoms with Crippen molar-refractivity contribution in [1.82, 2.24) is 10.2 Å². The number of amides is 1. The standard InChI is InChI=1S/C25H27Cl2N3O3/c1-6-21(31)28-19-10-8-7-9-17(19)25-18-12-11-16(13-20(18)29-30-25)22(23(26)14(2)32-4)24(27)15(3)33-5/h6-10,16H,1-2,11-13H2,3-5H3,(H,28,31)(H,29,30)/b23-22+,24-15-. The summed E-state index contributed by atoms with van der Waals surface area (Å²) in [6, 6.07) is 7.57. The Morgan fingerprint density at radius 1 is 1.24 bits per heavy atom. The highest BCUT2D eigenvalue weighted by Gasteiger charge is 2.31. The monoisotopic (exact) mass is 487 g/mol. The number of hydrogen-bond acceptors (Lipinski definition) is 4. The van der Waals surface area contributed by atoms with Crippen LogP contribution in [0, 0.1) is 5.92 Å². The van der Waals surface area contributed by atoms with E-state index < -0.39 is 0 Å². The molecule has 2 N–H and O–H groups in total. The van der Waals surface area contributed by atoms with Crippen molar-refractivity contribution in [1.29, 1.82) is 0 Å². The molecular formula is C25H27Cl2N3O3. The molecule has 0 saturated carbocycles. The Hall–Kier alpha value is -2.96. The van der Waals surface area contributed by atoms with Crippen LogP contribution in [0.3, 0.4) is 0 Å². The Labute approximate surface area is 204 Å². The van der Waals surface area contributed by atoms with Crippen LogP contribution in [0.4, 0.5) is 5.69 Å². The molecule has 1 unspecified atom stereocenters. The summed E-state index contributed by atoms with van der Waals surface area (Å²) in [6.07, 6.45) is 3.43. The fourth-order valence-electron chi connectivity index (χ4n) is 3.93. The van der Waals surface area contributed by atoms with Crippen molar-refractivity contribution >= 4 is 34.8 Å². The fourth-order valence-corrected chi connectivity index (χ4v) is 4.63. The predicted octanol–water partition coefficient (Wildman–Crippen LogP) is 6.08. The number of nitrogens with one attached hydrogen (secondary N) is 2. The summed E-state index contributed by atoms with van der Waals surface area (Å²) in [4.78, 5) is 11.9. The van der Waals surface area contributed by atoms with Crippen LogP contribution in [0.15, 0.2) is 70.7 Å². The second-order valence-corrected chi connectivity index (χ2v) is 8.39. The number of anilines is 1. The minimum Gasteiger partial charge on any atom is -0.500 e. The van der Waals surface area contributed by atoms with Crippen LogP contribution < -0.4 is 5.32 Å². The lowest BCUT2D eigenvalue weighted by molar-refractivity contribution is -0.111. The molecule has 0 fully saturated rings. The van der Waals surface area contributed by atoms with E-state index in [0.29, 0.717) is 33.7 Å². The molecule has 1 aliphatic rings. The quantitative estimate of drug-likeness (QED) is 0.269. The average Bonchev–Trinajstić information content (AvgIpc) is 3.26. The number of fused-ring (bicyclic) bond motifs is 1. The van der Waals surface area contributed by atoms with Crippen molar-refractivity contribution in [3.8, 4) is 11.3 Å². The van der Waals surface area contributed by atoms with E-state index in [-0.39, 0.29) is 11.8 Å². The van der Waals surface area contributed by atoms with Gasteiger partial charge in [-0.05, 0) is 49.8 Å². The van der Waals surface area contributed by atoms with E-state index in [1.165, 1.54) is 13.2 Å². The number of nitrogens with zero attached hydrogens (tertiary/aromatic N) is 1. The highest BCUT2D eigenvalue weighted by atomic mass is 35.5. The predicted molar refractivity (Wildman–Crippen MR) is 133 cm³/mol. The number of benzene rings is 1. The zero-order chi connectivity index (χ0) is 24.1. The van der Waals surface area contributed by atoms with Gasteiger partial charge >= 0.3 is 0 Å². The highest BCUT2D eigenvalue weighted by Crippen LogP contribution is 2.42. The molecule has 33 heavy (non-hydrogen) atoms. The van der Waals surface area contributed by atoms with Gasteiger partial charge in [-0.25, -0.2) is 0 Å². The minimum atomic E-state index is -0.273. The SMILES string of the molecule is C=CC(=O)Nc1ccccc1-c1n[nH]c2c1CCC(C(/C(Cl)=C(\C)OC)=C(\Cl)C(=C)OC)C2. The third-order valence-electron chi connectivity index (χ3n) is 5.76. The molecule has 0 saturated heterocycles. The summed E-state index contributed by atoms with van der Waals surface area (Å²) in [5.74, 6) is 0.650. The lowest BCUT2D eigenvalue weighted by Crippen LogP contribution is -2.18. The van der Waals surface area contributed by atoms with Gasteiger partial charge in [0.1, 0.15) is 11.5 Å². The number of ether oxygens (including phenoxy) is 2. The molecule has 0 radical (unpaired) electrons. The number of allylic oxidation sites excluding steroid dienone is 4. The number of hydrogen-bond donors (Lipinski definition) is 2. The smallest absolute Gasteiger partial charge is 0.247 e. The van der Waals surface area contributed by atoms with Crippen molar-refractivity contribution in [3.05, 3.63) is 81.9 Å². The molecule has 3 rings (SSSR count). The molecule has 6 nitrogen and oxygen atoms in total. The van der Waals surface area contributed by atoms with E-state index in [1.54, 1.807) is 14.0 Å². The zero-order valence-electron chi connectivity index (χ0n) is 18.9. The molecule has 0 bridgehead atoms. The first-order chi connectivity index (χ1) is 15.8. The normalized spacial score (nSPS) is 16.7. The first-order valence-corrected chi connectivity index (χ1v) is 11.2. The largest absolute Gasteiger partial charge is 0.500 e. The second kappa shape index (κ2) is 10.8. The van der Waals surface area contributed by atoms with Crippen LogP contribution >= 0.6 is 23.2 Å². The number of aromatic nitrogens is 2. The first-order valence-electron chi connectivity index (χ1n) is 10.4. The molecule has 2 aromatic rings. The van der Waals surface area contributed by atoms with Crippen molar-refractivity contribution in [2.24, 2.45) is 5.92 Å². The van der Waals surface area contributed by atoms with Crippen LogP contribution in [-0.2, 0) is 27.1 Å². The minimum absolute atomic E-state index is 0.0125. The van der Waals surface area contributed by atoms with Gasteiger partial charge in [-0.2, -0.15) is 5.10 Å². The summed E-state index contributed by atoms with van der Waals surface area (Å²) < 4.78 is 10.6. The van der Waals surface area contributed by atoms with Crippen LogP contribution in [0.5, 0.6) is 0 Å². The van der Waals surface area contributed by atoms with Gasteiger partial charge in [-0.3, -0.25) is 9.89 Å². The van der Waals surface area contributed by atoms with Crippen molar-refractivity contribution in [2.75, 3.05) is 19.5 Å². The number of para-hydroxylation sites is 1. The summed E-state index contributed by atoms with van der Waals surface area (Å²) in [5.41, 5.74) is 5.19. The molecule has 1 amide bonds. The third-order valence-corrected chi connectivity index (χ3v) is 6.64. The van der Waals surface area contributed by atoms with Crippen LogP contribution in [0.2, 0.25) is 0 Å². The molecule has 1 atom stereocenters. The number of H-pyrrole nitrogens is 1. The lowest BCUT2D eigenvalue weighted by atomic mass is 9.80. The maximum Gasteiger partial charge on any atom is 0.247 e. The molecule has 8 heteroatoms. The number of aromatic amines is 1. The van der Waals surface area contributed by atoms with E-state index in [4.69, 9.17) is 32.7 Å². The number of halogens is 2. The lowest BCUT2D eigenvalue weighted by Gasteiger charge is -2.27. The van der Waals surface area contributed by atoms with Gasteiger partial charge in [0.05, 0.1) is 35.7 Å². The van der Waals surface area contributed by atoms with Gasteiger partial charge < -0.3 is 14.8 Å². The van der Waals surface area contributed by atoms with Gasteiger partial charge in [0.25, 0.3) is 0 Å². The summed E-state index contributed by atoms with van der Waals surface area (Å²) in [7, 11) is 3.09. The number of carbonyl (C=O) groups excluding carboxylic acids is 1. The molecule has 1 heterocycles. The van der Waals surface area contributed by atoms with Crippen molar-refractivity contribution in [2.45, 2.75) is 26.2 Å². The Balaban J connectivity index is 2.00. The van der Waals surface area contributed by atoms with E-state index in [1.807, 2.05) is 24.3 Å². The van der Waals surface area contributed by atoms with E-state index in [2.05, 4.69) is 28.7 Å². The van der Waals surface area contributed by atoms with Gasteiger partial charge in [0, 0.05) is 16.8 Å². The molecule has 0 aliphatic heterocycles. The summed E-state index contributed by atoms with van der Waals surface area (Å²) in [5, 5.41) is 11.4. The molecule has 0 spiro atoms. The van der Waals surface area contributed by atoms with Crippen molar-refractivity contribution in [3.63, 3.8) is 0 Å². The highest BCUT2D eigenvalue weighted by molar-refractivity contribution is 6.37. The Kier molecular flexibility index (Phi) is 8.06. The van der Waals surface area contributed by atoms with Crippen molar-refractivity contribution < 1.29 is 14.3 Å². The Bertz CT molecular complexity index is 1150. The topological polar surface area (TPSA) is 76.2 Å². The van der Waals surface area contributed by atoms with Crippen LogP contribution in [0.25, 0.3) is 11.3 Å². The van der Waals surface area contributed by atoms with Gasteiger partial charge in [-0.15, -0.1) is 0 Å². The molecule has 1 aromatic carbocycles. The fraction of sp³-hybridized carbons (Fsp3) is 0.280. The molecule has 1 aromatic heterocycles. The Morgan fingerprint density at radius 3 is 2.64 bits per heavy atom. The second-order valence-electron chi connectivity index (χ2n) is 7.64. The Morgan fingerprint density at radius 2 is 1.97 bits per heavy atom. The van der Waals surface area contributed by atoms with Crippen LogP contribution in [-0.4, -0.2) is 30.3 Å². The molecular weight excluding hydrogens is 461 g/mol. The van der Waals surface area contributed by atoms with E-state index in [9.17, 15) is 4.79 Å². The molecule has 174 valence electrons. The van der Waals surface area contributed by atoms with Gasteiger partial charge in [0.2, 0.25) is 5.91 Å². The molecule has 1 aliphatic carbocycles.